The number of aromatic nitrogens is 2. The smallest absolute Gasteiger partial charge is 0.239 e. The predicted octanol–water partition coefficient (Wildman–Crippen LogP) is 1.98. The zero-order valence-electron chi connectivity index (χ0n) is 15.5. The number of methoxy groups -OCH3 is 1. The van der Waals surface area contributed by atoms with Crippen LogP contribution in [0.1, 0.15) is 19.9 Å². The Morgan fingerprint density at radius 3 is 2.54 bits per heavy atom. The maximum atomic E-state index is 12.2. The Morgan fingerprint density at radius 2 is 1.88 bits per heavy atom. The SMILES string of the molecule is COc1cccc(NC(=O)CN(C)CC(=O)Nc2ccnn2C(C)C)c1. The molecule has 1 aromatic carbocycles. The average Bonchev–Trinajstić information content (AvgIpc) is 3.02. The number of anilines is 2. The summed E-state index contributed by atoms with van der Waals surface area (Å²) in [4.78, 5) is 25.9. The van der Waals surface area contributed by atoms with Crippen LogP contribution in [-0.4, -0.2) is 53.7 Å². The summed E-state index contributed by atoms with van der Waals surface area (Å²) in [6.07, 6.45) is 1.64. The van der Waals surface area contributed by atoms with E-state index < -0.39 is 0 Å². The minimum atomic E-state index is -0.208. The molecule has 0 radical (unpaired) electrons. The Kier molecular flexibility index (Phi) is 6.74. The summed E-state index contributed by atoms with van der Waals surface area (Å²) in [6.45, 7) is 4.15. The number of amides is 2. The molecule has 0 aliphatic carbocycles. The molecule has 8 nitrogen and oxygen atoms in total. The Bertz CT molecular complexity index is 757. The van der Waals surface area contributed by atoms with Crippen molar-refractivity contribution in [2.45, 2.75) is 19.9 Å². The van der Waals surface area contributed by atoms with Gasteiger partial charge in [-0.25, -0.2) is 4.68 Å². The van der Waals surface area contributed by atoms with Crippen LogP contribution in [-0.2, 0) is 9.59 Å². The molecule has 2 aromatic rings. The van der Waals surface area contributed by atoms with Crippen molar-refractivity contribution in [3.05, 3.63) is 36.5 Å². The van der Waals surface area contributed by atoms with Gasteiger partial charge in [0.15, 0.2) is 0 Å². The molecule has 8 heteroatoms. The van der Waals surface area contributed by atoms with E-state index in [9.17, 15) is 9.59 Å². The minimum absolute atomic E-state index is 0.0913. The molecular weight excluding hydrogens is 334 g/mol. The van der Waals surface area contributed by atoms with Crippen molar-refractivity contribution in [1.29, 1.82) is 0 Å². The van der Waals surface area contributed by atoms with Gasteiger partial charge in [0.05, 0.1) is 26.4 Å². The molecule has 2 rings (SSSR count). The number of ether oxygens (including phenoxy) is 1. The highest BCUT2D eigenvalue weighted by molar-refractivity contribution is 5.94. The van der Waals surface area contributed by atoms with Crippen LogP contribution in [0.3, 0.4) is 0 Å². The molecule has 0 aliphatic rings. The Balaban J connectivity index is 1.83. The summed E-state index contributed by atoms with van der Waals surface area (Å²) >= 11 is 0. The van der Waals surface area contributed by atoms with Gasteiger partial charge >= 0.3 is 0 Å². The minimum Gasteiger partial charge on any atom is -0.497 e. The van der Waals surface area contributed by atoms with Gasteiger partial charge in [-0.2, -0.15) is 5.10 Å². The van der Waals surface area contributed by atoms with E-state index >= 15 is 0 Å². The number of likely N-dealkylation sites (N-methyl/N-ethyl adjacent to an activating group) is 1. The molecule has 140 valence electrons. The zero-order chi connectivity index (χ0) is 19.1. The first-order valence-electron chi connectivity index (χ1n) is 8.35. The summed E-state index contributed by atoms with van der Waals surface area (Å²) in [6, 6.07) is 9.00. The second kappa shape index (κ2) is 9.00. The topological polar surface area (TPSA) is 88.5 Å². The Hall–Kier alpha value is -2.87. The molecule has 0 bridgehead atoms. The highest BCUT2D eigenvalue weighted by Crippen LogP contribution is 2.16. The normalized spacial score (nSPS) is 10.8. The van der Waals surface area contributed by atoms with E-state index in [0.29, 0.717) is 17.3 Å². The van der Waals surface area contributed by atoms with Crippen LogP contribution in [0.15, 0.2) is 36.5 Å². The van der Waals surface area contributed by atoms with Crippen LogP contribution in [0.2, 0.25) is 0 Å². The first kappa shape index (κ1) is 19.5. The van der Waals surface area contributed by atoms with E-state index in [1.54, 1.807) is 60.3 Å². The maximum Gasteiger partial charge on any atom is 0.239 e. The van der Waals surface area contributed by atoms with Crippen LogP contribution in [0.25, 0.3) is 0 Å². The maximum absolute atomic E-state index is 12.2. The molecule has 0 aliphatic heterocycles. The van der Waals surface area contributed by atoms with Crippen LogP contribution < -0.4 is 15.4 Å². The number of rotatable bonds is 8. The average molecular weight is 359 g/mol. The first-order valence-corrected chi connectivity index (χ1v) is 8.35. The monoisotopic (exact) mass is 359 g/mol. The summed E-state index contributed by atoms with van der Waals surface area (Å²) < 4.78 is 6.85. The Morgan fingerprint density at radius 1 is 1.19 bits per heavy atom. The lowest BCUT2D eigenvalue weighted by molar-refractivity contribution is -0.119. The van der Waals surface area contributed by atoms with Gasteiger partial charge in [-0.3, -0.25) is 14.5 Å². The summed E-state index contributed by atoms with van der Waals surface area (Å²) in [5.41, 5.74) is 0.646. The van der Waals surface area contributed by atoms with Crippen LogP contribution in [0.5, 0.6) is 5.75 Å². The fourth-order valence-electron chi connectivity index (χ4n) is 2.45. The van der Waals surface area contributed by atoms with Gasteiger partial charge in [-0.05, 0) is 33.0 Å². The van der Waals surface area contributed by atoms with Crippen LogP contribution in [0, 0.1) is 0 Å². The Labute approximate surface area is 153 Å². The second-order valence-corrected chi connectivity index (χ2v) is 6.26. The standard InChI is InChI=1S/C18H25N5O3/c1-13(2)23-16(8-9-19-23)21-18(25)12-22(3)11-17(24)20-14-6-5-7-15(10-14)26-4/h5-10,13H,11-12H2,1-4H3,(H,20,24)(H,21,25). The molecule has 0 unspecified atom stereocenters. The van der Waals surface area contributed by atoms with Crippen molar-refractivity contribution in [3.8, 4) is 5.75 Å². The summed E-state index contributed by atoms with van der Waals surface area (Å²) in [5.74, 6) is 0.890. The molecule has 0 fully saturated rings. The van der Waals surface area contributed by atoms with Gasteiger partial charge in [0.2, 0.25) is 11.8 Å². The number of nitrogens with zero attached hydrogens (tertiary/aromatic N) is 3. The molecule has 0 saturated heterocycles. The van der Waals surface area contributed by atoms with E-state index in [4.69, 9.17) is 4.74 Å². The lowest BCUT2D eigenvalue weighted by Crippen LogP contribution is -2.36. The van der Waals surface area contributed by atoms with E-state index in [2.05, 4.69) is 15.7 Å². The van der Waals surface area contributed by atoms with Crippen molar-refractivity contribution < 1.29 is 14.3 Å². The second-order valence-electron chi connectivity index (χ2n) is 6.26. The van der Waals surface area contributed by atoms with Gasteiger partial charge in [-0.15, -0.1) is 0 Å². The quantitative estimate of drug-likeness (QED) is 0.752. The van der Waals surface area contributed by atoms with Gasteiger partial charge < -0.3 is 15.4 Å². The van der Waals surface area contributed by atoms with Gasteiger partial charge in [-0.1, -0.05) is 6.07 Å². The van der Waals surface area contributed by atoms with E-state index in [0.717, 1.165) is 0 Å². The van der Waals surface area contributed by atoms with Crippen LogP contribution >= 0.6 is 0 Å². The van der Waals surface area contributed by atoms with Gasteiger partial charge in [0.25, 0.3) is 0 Å². The third kappa shape index (κ3) is 5.59. The van der Waals surface area contributed by atoms with E-state index in [-0.39, 0.29) is 30.9 Å². The summed E-state index contributed by atoms with van der Waals surface area (Å²) in [7, 11) is 3.28. The molecule has 2 N–H and O–H groups in total. The van der Waals surface area contributed by atoms with Crippen molar-refractivity contribution in [1.82, 2.24) is 14.7 Å². The van der Waals surface area contributed by atoms with E-state index in [1.165, 1.54) is 0 Å². The van der Waals surface area contributed by atoms with Gasteiger partial charge in [0.1, 0.15) is 11.6 Å². The lowest BCUT2D eigenvalue weighted by Gasteiger charge is -2.17. The fourth-order valence-corrected chi connectivity index (χ4v) is 2.45. The number of benzene rings is 1. The van der Waals surface area contributed by atoms with Crippen molar-refractivity contribution in [2.24, 2.45) is 0 Å². The highest BCUT2D eigenvalue weighted by atomic mass is 16.5. The first-order chi connectivity index (χ1) is 12.4. The molecule has 0 saturated carbocycles. The number of hydrogen-bond donors (Lipinski definition) is 2. The predicted molar refractivity (Wildman–Crippen MR) is 100 cm³/mol. The number of hydrogen-bond acceptors (Lipinski definition) is 5. The van der Waals surface area contributed by atoms with E-state index in [1.807, 2.05) is 13.8 Å². The molecule has 0 atom stereocenters. The molecular formula is C18H25N5O3. The molecule has 2 amide bonds. The molecule has 1 heterocycles. The summed E-state index contributed by atoms with van der Waals surface area (Å²) in [5, 5.41) is 9.77. The largest absolute Gasteiger partial charge is 0.497 e. The number of carbonyl (C=O) groups excluding carboxylic acids is 2. The third-order valence-corrected chi connectivity index (χ3v) is 3.61. The van der Waals surface area contributed by atoms with Crippen LogP contribution in [0.4, 0.5) is 11.5 Å². The number of nitrogens with one attached hydrogen (secondary N) is 2. The van der Waals surface area contributed by atoms with Crippen molar-refractivity contribution in [2.75, 3.05) is 37.9 Å². The van der Waals surface area contributed by atoms with Gasteiger partial charge in [0, 0.05) is 23.9 Å². The van der Waals surface area contributed by atoms with Crippen molar-refractivity contribution in [3.63, 3.8) is 0 Å². The fraction of sp³-hybridized carbons (Fsp3) is 0.389. The molecule has 1 aromatic heterocycles. The zero-order valence-corrected chi connectivity index (χ0v) is 15.5. The molecule has 26 heavy (non-hydrogen) atoms. The van der Waals surface area contributed by atoms with Crippen molar-refractivity contribution >= 4 is 23.3 Å². The lowest BCUT2D eigenvalue weighted by atomic mass is 10.3. The number of carbonyl (C=O) groups is 2. The molecule has 0 spiro atoms. The third-order valence-electron chi connectivity index (χ3n) is 3.61. The highest BCUT2D eigenvalue weighted by Gasteiger charge is 2.14.